The van der Waals surface area contributed by atoms with Crippen LogP contribution in [0.3, 0.4) is 0 Å². The Morgan fingerprint density at radius 2 is 2.17 bits per heavy atom. The molecule has 0 aliphatic carbocycles. The normalized spacial score (nSPS) is 11.3. The number of nitrogens with one attached hydrogen (secondary N) is 1. The second-order valence-electron chi connectivity index (χ2n) is 3.59. The summed E-state index contributed by atoms with van der Waals surface area (Å²) < 4.78 is 5.07. The molecular weight excluding hydrogens is 228 g/mol. The lowest BCUT2D eigenvalue weighted by Gasteiger charge is -2.06. The summed E-state index contributed by atoms with van der Waals surface area (Å²) in [6.07, 6.45) is 4.70. The molecule has 0 saturated heterocycles. The second-order valence-corrected chi connectivity index (χ2v) is 3.59. The molecule has 0 fully saturated rings. The first-order valence-electron chi connectivity index (χ1n) is 5.51. The third-order valence-corrected chi connectivity index (χ3v) is 2.04. The highest BCUT2D eigenvalue weighted by Gasteiger charge is 2.02. The number of para-hydroxylation sites is 1. The number of hydrogen-bond donors (Lipinski definition) is 1. The number of carbonyl (C=O) groups is 1. The molecule has 0 spiro atoms. The van der Waals surface area contributed by atoms with Crippen LogP contribution in [0.5, 0.6) is 5.75 Å². The van der Waals surface area contributed by atoms with Gasteiger partial charge in [-0.05, 0) is 31.9 Å². The van der Waals surface area contributed by atoms with Crippen molar-refractivity contribution in [3.8, 4) is 5.75 Å². The lowest BCUT2D eigenvalue weighted by Crippen LogP contribution is -2.28. The van der Waals surface area contributed by atoms with Crippen LogP contribution in [0, 0.1) is 0 Å². The average molecular weight is 244 g/mol. The van der Waals surface area contributed by atoms with E-state index in [9.17, 15) is 4.79 Å². The minimum Gasteiger partial charge on any atom is -0.410 e. The molecule has 0 radical (unpaired) electrons. The van der Waals surface area contributed by atoms with Crippen LogP contribution >= 0.6 is 0 Å². The van der Waals surface area contributed by atoms with Crippen molar-refractivity contribution < 1.29 is 9.53 Å². The largest absolute Gasteiger partial charge is 0.412 e. The molecule has 1 rings (SSSR count). The molecule has 0 aromatic heterocycles. The van der Waals surface area contributed by atoms with E-state index in [1.165, 1.54) is 0 Å². The summed E-state index contributed by atoms with van der Waals surface area (Å²) in [7, 11) is 0. The van der Waals surface area contributed by atoms with Gasteiger partial charge in [-0.1, -0.05) is 29.8 Å². The van der Waals surface area contributed by atoms with Crippen molar-refractivity contribution in [1.82, 2.24) is 5.32 Å². The number of hydrogen-bond acceptors (Lipinski definition) is 3. The highest BCUT2D eigenvalue weighted by Crippen LogP contribution is 2.08. The lowest BCUT2D eigenvalue weighted by molar-refractivity contribution is 0.201. The van der Waals surface area contributed by atoms with E-state index >= 15 is 0 Å². The molecule has 1 amide bonds. The summed E-state index contributed by atoms with van der Waals surface area (Å²) in [5, 5.41) is 2.65. The van der Waals surface area contributed by atoms with Gasteiger partial charge in [-0.15, -0.1) is 0 Å². The highest BCUT2D eigenvalue weighted by atomic mass is 16.5. The molecule has 0 bridgehead atoms. The maximum atomic E-state index is 11.4. The van der Waals surface area contributed by atoms with Crippen LogP contribution in [0.2, 0.25) is 0 Å². The van der Waals surface area contributed by atoms with Crippen LogP contribution in [0.15, 0.2) is 59.2 Å². The van der Waals surface area contributed by atoms with Crippen LogP contribution in [0.25, 0.3) is 0 Å². The van der Waals surface area contributed by atoms with Crippen LogP contribution < -0.4 is 10.1 Å². The maximum Gasteiger partial charge on any atom is 0.412 e. The van der Waals surface area contributed by atoms with Crippen molar-refractivity contribution in [2.45, 2.75) is 6.92 Å². The van der Waals surface area contributed by atoms with Crippen molar-refractivity contribution in [2.24, 2.45) is 4.99 Å². The Labute approximate surface area is 107 Å². The van der Waals surface area contributed by atoms with E-state index in [-0.39, 0.29) is 0 Å². The average Bonchev–Trinajstić information content (AvgIpc) is 2.38. The van der Waals surface area contributed by atoms with Gasteiger partial charge in [0.05, 0.1) is 0 Å². The second kappa shape index (κ2) is 7.84. The van der Waals surface area contributed by atoms with Gasteiger partial charge in [0.25, 0.3) is 0 Å². The van der Waals surface area contributed by atoms with Crippen molar-refractivity contribution in [3.63, 3.8) is 0 Å². The lowest BCUT2D eigenvalue weighted by atomic mass is 10.3. The molecule has 1 aromatic rings. The first kappa shape index (κ1) is 13.7. The van der Waals surface area contributed by atoms with Crippen molar-refractivity contribution >= 4 is 12.8 Å². The summed E-state index contributed by atoms with van der Waals surface area (Å²) in [6.45, 7) is 5.65. The number of carbonyl (C=O) groups excluding carboxylic acids is 1. The minimum atomic E-state index is -0.472. The van der Waals surface area contributed by atoms with E-state index in [0.717, 1.165) is 5.57 Å². The Morgan fingerprint density at radius 1 is 1.44 bits per heavy atom. The molecule has 4 heteroatoms. The molecule has 0 saturated carbocycles. The molecule has 1 aromatic carbocycles. The Morgan fingerprint density at radius 3 is 2.83 bits per heavy atom. The molecule has 0 atom stereocenters. The first-order valence-corrected chi connectivity index (χ1v) is 5.51. The summed E-state index contributed by atoms with van der Waals surface area (Å²) in [6, 6.07) is 8.92. The minimum absolute atomic E-state index is 0.424. The van der Waals surface area contributed by atoms with Gasteiger partial charge < -0.3 is 10.1 Å². The summed E-state index contributed by atoms with van der Waals surface area (Å²) in [5.41, 5.74) is 0.986. The fraction of sp³-hybridized carbons (Fsp3) is 0.143. The van der Waals surface area contributed by atoms with E-state index in [4.69, 9.17) is 4.74 Å². The molecule has 94 valence electrons. The van der Waals surface area contributed by atoms with Gasteiger partial charge in [-0.3, -0.25) is 4.99 Å². The number of nitrogens with zero attached hydrogens (tertiary/aromatic N) is 1. The zero-order valence-corrected chi connectivity index (χ0v) is 10.3. The van der Waals surface area contributed by atoms with Crippen LogP contribution in [-0.4, -0.2) is 19.4 Å². The topological polar surface area (TPSA) is 50.7 Å². The molecule has 0 aliphatic heterocycles. The Bertz CT molecular complexity index is 450. The molecule has 0 unspecified atom stereocenters. The van der Waals surface area contributed by atoms with Gasteiger partial charge in [-0.25, -0.2) is 4.79 Å². The third-order valence-electron chi connectivity index (χ3n) is 2.04. The van der Waals surface area contributed by atoms with Gasteiger partial charge in [0, 0.05) is 12.7 Å². The zero-order valence-electron chi connectivity index (χ0n) is 10.3. The number of allylic oxidation sites excluding steroid dienone is 2. The third kappa shape index (κ3) is 5.65. The van der Waals surface area contributed by atoms with E-state index in [1.807, 2.05) is 19.1 Å². The van der Waals surface area contributed by atoms with Crippen molar-refractivity contribution in [1.29, 1.82) is 0 Å². The number of benzene rings is 1. The first-order chi connectivity index (χ1) is 8.72. The highest BCUT2D eigenvalue weighted by molar-refractivity contribution is 5.70. The van der Waals surface area contributed by atoms with Crippen LogP contribution in [-0.2, 0) is 0 Å². The molecule has 1 N–H and O–H groups in total. The molecule has 4 nitrogen and oxygen atoms in total. The smallest absolute Gasteiger partial charge is 0.410 e. The van der Waals surface area contributed by atoms with Crippen LogP contribution in [0.4, 0.5) is 4.79 Å². The van der Waals surface area contributed by atoms with Crippen molar-refractivity contribution in [2.75, 3.05) is 6.54 Å². The summed E-state index contributed by atoms with van der Waals surface area (Å²) in [4.78, 5) is 15.0. The molecule has 0 heterocycles. The number of rotatable bonds is 5. The summed E-state index contributed by atoms with van der Waals surface area (Å²) >= 11 is 0. The van der Waals surface area contributed by atoms with Crippen LogP contribution in [0.1, 0.15) is 6.92 Å². The van der Waals surface area contributed by atoms with E-state index < -0.39 is 6.09 Å². The van der Waals surface area contributed by atoms with E-state index in [2.05, 4.69) is 17.0 Å². The fourth-order valence-corrected chi connectivity index (χ4v) is 1.17. The fourth-order valence-electron chi connectivity index (χ4n) is 1.17. The molecule has 0 aliphatic rings. The Hall–Kier alpha value is -2.36. The van der Waals surface area contributed by atoms with Gasteiger partial charge in [0.15, 0.2) is 0 Å². The zero-order chi connectivity index (χ0) is 13.2. The van der Waals surface area contributed by atoms with E-state index in [0.29, 0.717) is 12.3 Å². The van der Waals surface area contributed by atoms with Crippen molar-refractivity contribution in [3.05, 3.63) is 54.3 Å². The Kier molecular flexibility index (Phi) is 5.97. The SMILES string of the molecule is C=N/C=C\C=C(/C)CNC(=O)Oc1ccccc1. The van der Waals surface area contributed by atoms with Gasteiger partial charge >= 0.3 is 6.09 Å². The Balaban J connectivity index is 2.35. The standard InChI is InChI=1S/C14H16N2O2/c1-12(7-6-10-15-2)11-16-14(17)18-13-8-4-3-5-9-13/h3-10H,2,11H2,1H3,(H,16,17)/b10-6-,12-7+. The summed E-state index contributed by atoms with van der Waals surface area (Å²) in [5.74, 6) is 0.521. The monoisotopic (exact) mass is 244 g/mol. The predicted octanol–water partition coefficient (Wildman–Crippen LogP) is 2.94. The predicted molar refractivity (Wildman–Crippen MR) is 72.9 cm³/mol. The number of ether oxygens (including phenoxy) is 1. The quantitative estimate of drug-likeness (QED) is 0.639. The molecular formula is C14H16N2O2. The number of amides is 1. The van der Waals surface area contributed by atoms with Gasteiger partial charge in [-0.2, -0.15) is 0 Å². The van der Waals surface area contributed by atoms with Gasteiger partial charge in [0.1, 0.15) is 5.75 Å². The maximum absolute atomic E-state index is 11.4. The molecule has 18 heavy (non-hydrogen) atoms. The van der Waals surface area contributed by atoms with E-state index in [1.54, 1.807) is 36.5 Å². The van der Waals surface area contributed by atoms with Gasteiger partial charge in [0.2, 0.25) is 0 Å². The number of aliphatic imine (C=N–C) groups is 1.